The zero-order valence-electron chi connectivity index (χ0n) is 18.5. The van der Waals surface area contributed by atoms with Crippen LogP contribution in [0.2, 0.25) is 5.02 Å². The standard InChI is InChI=1S/C25H25ClN4O2/c1-5-21(24(32)27-18-12-11-15(2)20(26)14-18)29-22(31)13-16(3)23-17(4)28-30(25(23)29)19-9-7-6-8-10-19/h6-14,21H,5H2,1-4H3,(H,27,32). The molecule has 0 bridgehead atoms. The minimum absolute atomic E-state index is 0.240. The van der Waals surface area contributed by atoms with Crippen LogP contribution in [-0.4, -0.2) is 20.3 Å². The Morgan fingerprint density at radius 3 is 2.44 bits per heavy atom. The molecule has 1 amide bonds. The number of nitrogens with one attached hydrogen (secondary N) is 1. The van der Waals surface area contributed by atoms with Crippen molar-refractivity contribution in [3.63, 3.8) is 0 Å². The maximum absolute atomic E-state index is 13.3. The Labute approximate surface area is 191 Å². The fourth-order valence-electron chi connectivity index (χ4n) is 4.06. The van der Waals surface area contributed by atoms with E-state index in [1.807, 2.05) is 64.1 Å². The third-order valence-electron chi connectivity index (χ3n) is 5.68. The van der Waals surface area contributed by atoms with Crippen LogP contribution in [0.1, 0.15) is 36.2 Å². The summed E-state index contributed by atoms with van der Waals surface area (Å²) in [6.07, 6.45) is 0.433. The lowest BCUT2D eigenvalue weighted by atomic mass is 10.1. The molecule has 0 fully saturated rings. The maximum atomic E-state index is 13.3. The van der Waals surface area contributed by atoms with Gasteiger partial charge >= 0.3 is 0 Å². The second-order valence-electron chi connectivity index (χ2n) is 7.94. The second-order valence-corrected chi connectivity index (χ2v) is 8.35. The van der Waals surface area contributed by atoms with E-state index in [2.05, 4.69) is 5.32 Å². The van der Waals surface area contributed by atoms with Gasteiger partial charge in [-0.05, 0) is 62.6 Å². The lowest BCUT2D eigenvalue weighted by molar-refractivity contribution is -0.119. The van der Waals surface area contributed by atoms with Crippen LogP contribution in [0, 0.1) is 20.8 Å². The normalized spacial score (nSPS) is 12.2. The number of hydrogen-bond acceptors (Lipinski definition) is 3. The number of amides is 1. The Hall–Kier alpha value is -3.38. The number of para-hydroxylation sites is 1. The maximum Gasteiger partial charge on any atom is 0.253 e. The van der Waals surface area contributed by atoms with Crippen molar-refractivity contribution in [2.45, 2.75) is 40.2 Å². The van der Waals surface area contributed by atoms with Gasteiger partial charge in [-0.3, -0.25) is 14.2 Å². The van der Waals surface area contributed by atoms with Gasteiger partial charge in [0.05, 0.1) is 11.4 Å². The Morgan fingerprint density at radius 1 is 1.06 bits per heavy atom. The highest BCUT2D eigenvalue weighted by Crippen LogP contribution is 2.28. The predicted octanol–water partition coefficient (Wildman–Crippen LogP) is 5.36. The fraction of sp³-hybridized carbons (Fsp3) is 0.240. The van der Waals surface area contributed by atoms with E-state index < -0.39 is 6.04 Å². The first-order valence-corrected chi connectivity index (χ1v) is 10.9. The smallest absolute Gasteiger partial charge is 0.253 e. The summed E-state index contributed by atoms with van der Waals surface area (Å²) in [4.78, 5) is 26.6. The van der Waals surface area contributed by atoms with Gasteiger partial charge in [-0.2, -0.15) is 5.10 Å². The number of aromatic nitrogens is 3. The van der Waals surface area contributed by atoms with Crippen LogP contribution >= 0.6 is 11.6 Å². The molecule has 2 aromatic carbocycles. The van der Waals surface area contributed by atoms with Gasteiger partial charge in [-0.15, -0.1) is 0 Å². The van der Waals surface area contributed by atoms with Crippen molar-refractivity contribution in [2.24, 2.45) is 0 Å². The molecule has 0 spiro atoms. The molecule has 7 heteroatoms. The van der Waals surface area contributed by atoms with Crippen molar-refractivity contribution in [3.05, 3.63) is 86.8 Å². The molecule has 164 valence electrons. The average molecular weight is 449 g/mol. The lowest BCUT2D eigenvalue weighted by Gasteiger charge is -2.21. The number of hydrogen-bond donors (Lipinski definition) is 1. The van der Waals surface area contributed by atoms with Gasteiger partial charge in [0.2, 0.25) is 5.91 Å². The molecule has 6 nitrogen and oxygen atoms in total. The van der Waals surface area contributed by atoms with Crippen LogP contribution in [0.15, 0.2) is 59.4 Å². The van der Waals surface area contributed by atoms with E-state index in [0.29, 0.717) is 22.8 Å². The number of rotatable bonds is 5. The molecule has 2 heterocycles. The van der Waals surface area contributed by atoms with Crippen LogP contribution < -0.4 is 10.9 Å². The van der Waals surface area contributed by atoms with Gasteiger partial charge < -0.3 is 5.32 Å². The highest BCUT2D eigenvalue weighted by molar-refractivity contribution is 6.31. The van der Waals surface area contributed by atoms with Gasteiger partial charge in [0, 0.05) is 22.2 Å². The van der Waals surface area contributed by atoms with E-state index >= 15 is 0 Å². The quantitative estimate of drug-likeness (QED) is 0.447. The van der Waals surface area contributed by atoms with Gasteiger partial charge in [0.15, 0.2) is 0 Å². The second kappa shape index (κ2) is 8.63. The third-order valence-corrected chi connectivity index (χ3v) is 6.08. The van der Waals surface area contributed by atoms with Crippen molar-refractivity contribution in [1.29, 1.82) is 0 Å². The van der Waals surface area contributed by atoms with E-state index in [1.54, 1.807) is 27.4 Å². The SMILES string of the molecule is CCC(C(=O)Nc1ccc(C)c(Cl)c1)n1c(=O)cc(C)c2c(C)nn(-c3ccccc3)c21. The zero-order valence-corrected chi connectivity index (χ0v) is 19.3. The van der Waals surface area contributed by atoms with Crippen LogP contribution in [0.5, 0.6) is 0 Å². The molecule has 0 aliphatic rings. The monoisotopic (exact) mass is 448 g/mol. The van der Waals surface area contributed by atoms with Gasteiger partial charge in [0.1, 0.15) is 11.7 Å². The summed E-state index contributed by atoms with van der Waals surface area (Å²) >= 11 is 6.22. The van der Waals surface area contributed by atoms with Crippen LogP contribution in [-0.2, 0) is 4.79 Å². The number of carbonyl (C=O) groups excluding carboxylic acids is 1. The average Bonchev–Trinajstić information content (AvgIpc) is 3.11. The predicted molar refractivity (Wildman–Crippen MR) is 129 cm³/mol. The van der Waals surface area contributed by atoms with Crippen molar-refractivity contribution in [1.82, 2.24) is 14.3 Å². The number of anilines is 1. The molecular formula is C25H25ClN4O2. The Kier molecular flexibility index (Phi) is 5.89. The molecular weight excluding hydrogens is 424 g/mol. The Morgan fingerprint density at radius 2 is 1.78 bits per heavy atom. The summed E-state index contributed by atoms with van der Waals surface area (Å²) in [6, 6.07) is 15.8. The summed E-state index contributed by atoms with van der Waals surface area (Å²) in [7, 11) is 0. The van der Waals surface area contributed by atoms with Crippen molar-refractivity contribution < 1.29 is 4.79 Å². The highest BCUT2D eigenvalue weighted by atomic mass is 35.5. The summed E-state index contributed by atoms with van der Waals surface area (Å²) in [5.74, 6) is -0.280. The largest absolute Gasteiger partial charge is 0.324 e. The van der Waals surface area contributed by atoms with E-state index in [-0.39, 0.29) is 11.5 Å². The third kappa shape index (κ3) is 3.82. The molecule has 0 saturated carbocycles. The summed E-state index contributed by atoms with van der Waals surface area (Å²) < 4.78 is 3.30. The molecule has 0 radical (unpaired) electrons. The van der Waals surface area contributed by atoms with Crippen LogP contribution in [0.25, 0.3) is 16.7 Å². The molecule has 0 aliphatic carbocycles. The molecule has 1 unspecified atom stereocenters. The molecule has 32 heavy (non-hydrogen) atoms. The van der Waals surface area contributed by atoms with Crippen LogP contribution in [0.3, 0.4) is 0 Å². The first kappa shape index (κ1) is 21.8. The van der Waals surface area contributed by atoms with Gasteiger partial charge in [0.25, 0.3) is 5.56 Å². The number of carbonyl (C=O) groups is 1. The number of fused-ring (bicyclic) bond motifs is 1. The number of benzene rings is 2. The highest BCUT2D eigenvalue weighted by Gasteiger charge is 2.26. The number of pyridine rings is 1. The van der Waals surface area contributed by atoms with E-state index in [9.17, 15) is 9.59 Å². The first-order valence-electron chi connectivity index (χ1n) is 10.6. The topological polar surface area (TPSA) is 68.9 Å². The van der Waals surface area contributed by atoms with Gasteiger partial charge in [-0.25, -0.2) is 4.68 Å². The zero-order chi connectivity index (χ0) is 23.0. The summed E-state index contributed by atoms with van der Waals surface area (Å²) in [5.41, 5.74) is 4.35. The first-order chi connectivity index (χ1) is 15.3. The number of nitrogens with zero attached hydrogens (tertiary/aromatic N) is 3. The Bertz CT molecular complexity index is 1370. The fourth-order valence-corrected chi connectivity index (χ4v) is 4.24. The summed E-state index contributed by atoms with van der Waals surface area (Å²) in [5, 5.41) is 9.08. The molecule has 0 aliphatic heterocycles. The van der Waals surface area contributed by atoms with Crippen molar-refractivity contribution in [3.8, 4) is 5.69 Å². The molecule has 1 atom stereocenters. The molecule has 2 aromatic heterocycles. The molecule has 4 rings (SSSR count). The Balaban J connectivity index is 1.89. The molecule has 4 aromatic rings. The number of halogens is 1. The molecule has 0 saturated heterocycles. The number of aryl methyl sites for hydroxylation is 3. The van der Waals surface area contributed by atoms with Crippen LogP contribution in [0.4, 0.5) is 5.69 Å². The van der Waals surface area contributed by atoms with Crippen molar-refractivity contribution in [2.75, 3.05) is 5.32 Å². The lowest BCUT2D eigenvalue weighted by Crippen LogP contribution is -2.34. The molecule has 1 N–H and O–H groups in total. The minimum Gasteiger partial charge on any atom is -0.324 e. The van der Waals surface area contributed by atoms with Gasteiger partial charge in [-0.1, -0.05) is 42.8 Å². The summed E-state index contributed by atoms with van der Waals surface area (Å²) in [6.45, 7) is 7.60. The van der Waals surface area contributed by atoms with Crippen molar-refractivity contribution >= 4 is 34.2 Å². The minimum atomic E-state index is -0.718. The van der Waals surface area contributed by atoms with E-state index in [1.165, 1.54) is 0 Å². The van der Waals surface area contributed by atoms with E-state index in [4.69, 9.17) is 16.7 Å². The van der Waals surface area contributed by atoms with E-state index in [0.717, 1.165) is 27.9 Å².